The van der Waals surface area contributed by atoms with Crippen molar-refractivity contribution in [2.45, 2.75) is 37.4 Å². The first-order valence-electron chi connectivity index (χ1n) is 9.93. The van der Waals surface area contributed by atoms with Crippen molar-refractivity contribution in [2.75, 3.05) is 16.4 Å². The third-order valence-electron chi connectivity index (χ3n) is 5.01. The first-order valence-corrected chi connectivity index (χ1v) is 12.5. The highest BCUT2D eigenvalue weighted by atomic mass is 32.2. The van der Waals surface area contributed by atoms with E-state index in [2.05, 4.69) is 27.8 Å². The molecule has 162 valence electrons. The van der Waals surface area contributed by atoms with E-state index in [1.165, 1.54) is 34.4 Å². The number of thiophene rings is 1. The molecule has 4 rings (SSSR count). The predicted octanol–water partition coefficient (Wildman–Crippen LogP) is 4.61. The number of nitrogens with one attached hydrogen (secondary N) is 2. The van der Waals surface area contributed by atoms with Crippen LogP contribution in [0.1, 0.15) is 39.7 Å². The molecule has 4 N–H and O–H groups in total. The summed E-state index contributed by atoms with van der Waals surface area (Å²) in [7, 11) is 0. The number of nitrogens with zero attached hydrogens (tertiary/aromatic N) is 2. The fourth-order valence-corrected chi connectivity index (χ4v) is 6.56. The Morgan fingerprint density at radius 2 is 2.13 bits per heavy atom. The summed E-state index contributed by atoms with van der Waals surface area (Å²) >= 11 is 4.18. The van der Waals surface area contributed by atoms with Crippen LogP contribution < -0.4 is 16.4 Å². The van der Waals surface area contributed by atoms with Gasteiger partial charge >= 0.3 is 0 Å². The van der Waals surface area contributed by atoms with Crippen LogP contribution >= 0.6 is 34.4 Å². The van der Waals surface area contributed by atoms with Crippen LogP contribution in [0.15, 0.2) is 28.6 Å². The van der Waals surface area contributed by atoms with Gasteiger partial charge in [0.05, 0.1) is 11.3 Å². The number of hydrogen-bond donors (Lipinski definition) is 3. The zero-order valence-electron chi connectivity index (χ0n) is 17.2. The molecule has 0 aliphatic heterocycles. The molecule has 31 heavy (non-hydrogen) atoms. The molecule has 1 aromatic carbocycles. The topological polar surface area (TPSA) is 110 Å². The summed E-state index contributed by atoms with van der Waals surface area (Å²) in [6.45, 7) is 4.23. The molecule has 1 aliphatic rings. The van der Waals surface area contributed by atoms with E-state index in [0.29, 0.717) is 26.0 Å². The number of rotatable bonds is 7. The zero-order chi connectivity index (χ0) is 22.0. The van der Waals surface area contributed by atoms with Gasteiger partial charge in [-0.25, -0.2) is 0 Å². The Hall–Kier alpha value is -2.43. The van der Waals surface area contributed by atoms with Gasteiger partial charge in [0.15, 0.2) is 4.34 Å². The molecule has 0 radical (unpaired) electrons. The number of aromatic nitrogens is 2. The molecular formula is C21H23N5O2S3. The van der Waals surface area contributed by atoms with E-state index in [0.717, 1.165) is 41.0 Å². The second-order valence-corrected chi connectivity index (χ2v) is 10.9. The Morgan fingerprint density at radius 1 is 1.29 bits per heavy atom. The molecule has 0 spiro atoms. The van der Waals surface area contributed by atoms with Gasteiger partial charge in [-0.05, 0) is 55.4 Å². The van der Waals surface area contributed by atoms with E-state index in [4.69, 9.17) is 5.73 Å². The lowest BCUT2D eigenvalue weighted by molar-refractivity contribution is -0.113. The van der Waals surface area contributed by atoms with Gasteiger partial charge in [0.1, 0.15) is 5.00 Å². The molecule has 1 aliphatic carbocycles. The summed E-state index contributed by atoms with van der Waals surface area (Å²) in [5, 5.41) is 15.6. The maximum Gasteiger partial charge on any atom is 0.251 e. The minimum Gasteiger partial charge on any atom is -0.365 e. The van der Waals surface area contributed by atoms with Gasteiger partial charge in [-0.2, -0.15) is 0 Å². The number of carbonyl (C=O) groups is 2. The first-order chi connectivity index (χ1) is 14.9. The molecule has 0 saturated heterocycles. The van der Waals surface area contributed by atoms with Gasteiger partial charge in [0.2, 0.25) is 11.0 Å². The standard InChI is InChI=1S/C21H23N5O2S3/c1-11-4-3-5-13(8-11)23-20-25-26-21(31-20)29-10-16(27)24-19-17(18(22)28)14-7-6-12(2)9-15(14)30-19/h3-5,8,12H,6-7,9-10H2,1-2H3,(H2,22,28)(H,23,25)(H,24,27). The van der Waals surface area contributed by atoms with E-state index in [9.17, 15) is 9.59 Å². The van der Waals surface area contributed by atoms with Gasteiger partial charge in [-0.3, -0.25) is 9.59 Å². The third-order valence-corrected chi connectivity index (χ3v) is 8.16. The molecule has 2 amide bonds. The average molecular weight is 474 g/mol. The van der Waals surface area contributed by atoms with Crippen LogP contribution in [0.5, 0.6) is 0 Å². The highest BCUT2D eigenvalue weighted by Crippen LogP contribution is 2.39. The maximum atomic E-state index is 12.5. The van der Waals surface area contributed by atoms with Crippen molar-refractivity contribution in [2.24, 2.45) is 11.7 Å². The van der Waals surface area contributed by atoms with Crippen molar-refractivity contribution in [1.82, 2.24) is 10.2 Å². The average Bonchev–Trinajstić information content (AvgIpc) is 3.29. The normalized spacial score (nSPS) is 15.4. The van der Waals surface area contributed by atoms with Gasteiger partial charge in [0, 0.05) is 10.6 Å². The second kappa shape index (κ2) is 9.37. The minimum atomic E-state index is -0.481. The summed E-state index contributed by atoms with van der Waals surface area (Å²) in [6, 6.07) is 7.99. The molecule has 7 nitrogen and oxygen atoms in total. The molecule has 0 bridgehead atoms. The first kappa shape index (κ1) is 21.8. The molecule has 1 unspecified atom stereocenters. The van der Waals surface area contributed by atoms with Crippen molar-refractivity contribution in [1.29, 1.82) is 0 Å². The van der Waals surface area contributed by atoms with Crippen LogP contribution in [0.4, 0.5) is 15.8 Å². The molecule has 1 atom stereocenters. The summed E-state index contributed by atoms with van der Waals surface area (Å²) in [5.41, 5.74) is 9.21. The smallest absolute Gasteiger partial charge is 0.251 e. The van der Waals surface area contributed by atoms with E-state index in [1.807, 2.05) is 31.2 Å². The highest BCUT2D eigenvalue weighted by molar-refractivity contribution is 8.01. The Bertz CT molecular complexity index is 1120. The molecular weight excluding hydrogens is 450 g/mol. The summed E-state index contributed by atoms with van der Waals surface area (Å²) in [5.74, 6) is 0.0792. The molecule has 10 heteroatoms. The summed E-state index contributed by atoms with van der Waals surface area (Å²) in [6.07, 6.45) is 2.78. The molecule has 0 fully saturated rings. The van der Waals surface area contributed by atoms with Crippen LogP contribution in [0.25, 0.3) is 0 Å². The van der Waals surface area contributed by atoms with Crippen LogP contribution in [0, 0.1) is 12.8 Å². The Balaban J connectivity index is 1.37. The predicted molar refractivity (Wildman–Crippen MR) is 128 cm³/mol. The number of nitrogens with two attached hydrogens (primary N) is 1. The van der Waals surface area contributed by atoms with Gasteiger partial charge in [0.25, 0.3) is 5.91 Å². The molecule has 2 aromatic heterocycles. The van der Waals surface area contributed by atoms with Crippen molar-refractivity contribution < 1.29 is 9.59 Å². The third kappa shape index (κ3) is 5.25. The maximum absolute atomic E-state index is 12.5. The van der Waals surface area contributed by atoms with Gasteiger partial charge in [-0.1, -0.05) is 42.2 Å². The molecule has 3 aromatic rings. The van der Waals surface area contributed by atoms with E-state index >= 15 is 0 Å². The van der Waals surface area contributed by atoms with Crippen molar-refractivity contribution in [3.63, 3.8) is 0 Å². The lowest BCUT2D eigenvalue weighted by atomic mass is 9.88. The number of amides is 2. The number of thioether (sulfide) groups is 1. The fraction of sp³-hybridized carbons (Fsp3) is 0.333. The number of carbonyl (C=O) groups excluding carboxylic acids is 2. The number of anilines is 3. The molecule has 2 heterocycles. The fourth-order valence-electron chi connectivity index (χ4n) is 3.55. The van der Waals surface area contributed by atoms with E-state index < -0.39 is 5.91 Å². The number of hydrogen-bond acceptors (Lipinski definition) is 8. The highest BCUT2D eigenvalue weighted by Gasteiger charge is 2.27. The lowest BCUT2D eigenvalue weighted by Crippen LogP contribution is -2.20. The Labute approximate surface area is 192 Å². The molecule has 0 saturated carbocycles. The number of fused-ring (bicyclic) bond motifs is 1. The monoisotopic (exact) mass is 473 g/mol. The Morgan fingerprint density at radius 3 is 2.90 bits per heavy atom. The number of primary amides is 1. The van der Waals surface area contributed by atoms with Crippen molar-refractivity contribution >= 4 is 62.1 Å². The van der Waals surface area contributed by atoms with Crippen LogP contribution in [0.2, 0.25) is 0 Å². The van der Waals surface area contributed by atoms with E-state index in [1.54, 1.807) is 0 Å². The lowest BCUT2D eigenvalue weighted by Gasteiger charge is -2.18. The van der Waals surface area contributed by atoms with E-state index in [-0.39, 0.29) is 11.7 Å². The number of aryl methyl sites for hydroxylation is 1. The van der Waals surface area contributed by atoms with Crippen molar-refractivity contribution in [3.8, 4) is 0 Å². The summed E-state index contributed by atoms with van der Waals surface area (Å²) in [4.78, 5) is 25.7. The quantitative estimate of drug-likeness (QED) is 0.432. The number of benzene rings is 1. The van der Waals surface area contributed by atoms with Gasteiger partial charge < -0.3 is 16.4 Å². The van der Waals surface area contributed by atoms with Crippen LogP contribution in [-0.4, -0.2) is 27.8 Å². The van der Waals surface area contributed by atoms with Crippen LogP contribution in [0.3, 0.4) is 0 Å². The second-order valence-electron chi connectivity index (χ2n) is 7.62. The van der Waals surface area contributed by atoms with Gasteiger partial charge in [-0.15, -0.1) is 21.5 Å². The van der Waals surface area contributed by atoms with Crippen molar-refractivity contribution in [3.05, 3.63) is 45.8 Å². The SMILES string of the molecule is Cc1cccc(Nc2nnc(SCC(=O)Nc3sc4c(c3C(N)=O)CCC(C)C4)s2)c1. The Kier molecular flexibility index (Phi) is 6.59. The minimum absolute atomic E-state index is 0.177. The largest absolute Gasteiger partial charge is 0.365 e. The summed E-state index contributed by atoms with van der Waals surface area (Å²) < 4.78 is 0.694. The zero-order valence-corrected chi connectivity index (χ0v) is 19.7. The van der Waals surface area contributed by atoms with Crippen LogP contribution in [-0.2, 0) is 17.6 Å².